The fraction of sp³-hybridized carbons (Fsp3) is 0.394. The van der Waals surface area contributed by atoms with E-state index in [1.54, 1.807) is 50.2 Å². The molecule has 9 heteroatoms. The Hall–Kier alpha value is -4.01. The molecular formula is C33H38F3NO5. The molecule has 3 aromatic rings. The molecule has 0 aliphatic carbocycles. The zero-order chi connectivity index (χ0) is 30.5. The number of benzene rings is 3. The van der Waals surface area contributed by atoms with E-state index in [9.17, 15) is 22.8 Å². The molecule has 0 aliphatic heterocycles. The normalized spacial score (nSPS) is 12.3. The van der Waals surface area contributed by atoms with E-state index in [2.05, 4.69) is 0 Å². The fourth-order valence-electron chi connectivity index (χ4n) is 4.44. The Kier molecular flexibility index (Phi) is 12.7. The van der Waals surface area contributed by atoms with Crippen LogP contribution >= 0.6 is 0 Å². The van der Waals surface area contributed by atoms with Crippen LogP contribution in [0.25, 0.3) is 11.1 Å². The molecule has 2 atom stereocenters. The van der Waals surface area contributed by atoms with Crippen LogP contribution in [0.1, 0.15) is 42.9 Å². The van der Waals surface area contributed by atoms with Gasteiger partial charge in [-0.05, 0) is 66.3 Å². The molecule has 0 radical (unpaired) electrons. The van der Waals surface area contributed by atoms with Crippen molar-refractivity contribution in [3.8, 4) is 22.6 Å². The lowest BCUT2D eigenvalue weighted by Gasteiger charge is -2.20. The maximum absolute atomic E-state index is 14.6. The molecule has 0 heterocycles. The largest absolute Gasteiger partial charge is 0.497 e. The number of amides is 1. The van der Waals surface area contributed by atoms with Gasteiger partial charge in [-0.1, -0.05) is 42.5 Å². The van der Waals surface area contributed by atoms with Crippen LogP contribution in [0.5, 0.6) is 11.5 Å². The number of carbonyl (C=O) groups is 2. The summed E-state index contributed by atoms with van der Waals surface area (Å²) in [5.74, 6) is 0.420. The summed E-state index contributed by atoms with van der Waals surface area (Å²) in [5.41, 5.74) is 3.68. The fourth-order valence-corrected chi connectivity index (χ4v) is 4.44. The van der Waals surface area contributed by atoms with Crippen LogP contribution in [-0.2, 0) is 33.7 Å². The monoisotopic (exact) mass is 585 g/mol. The first-order chi connectivity index (χ1) is 20.2. The van der Waals surface area contributed by atoms with Gasteiger partial charge in [-0.15, -0.1) is 0 Å². The van der Waals surface area contributed by atoms with Crippen molar-refractivity contribution in [3.05, 3.63) is 83.4 Å². The number of ether oxygens (including phenoxy) is 3. The maximum Gasteiger partial charge on any atom is 0.306 e. The van der Waals surface area contributed by atoms with Gasteiger partial charge in [0, 0.05) is 38.4 Å². The topological polar surface area (TPSA) is 65.1 Å². The molecule has 3 rings (SSSR count). The molecule has 3 aromatic carbocycles. The highest BCUT2D eigenvalue weighted by molar-refractivity contribution is 5.76. The van der Waals surface area contributed by atoms with Crippen LogP contribution in [0, 0.1) is 0 Å². The third-order valence-corrected chi connectivity index (χ3v) is 6.72. The van der Waals surface area contributed by atoms with Crippen molar-refractivity contribution in [2.45, 2.75) is 58.1 Å². The Balaban J connectivity index is 1.76. The quantitative estimate of drug-likeness (QED) is 0.173. The molecule has 1 amide bonds. The maximum atomic E-state index is 14.6. The van der Waals surface area contributed by atoms with Gasteiger partial charge in [0.1, 0.15) is 11.5 Å². The van der Waals surface area contributed by atoms with Gasteiger partial charge in [-0.3, -0.25) is 14.0 Å². The number of hydrogen-bond acceptors (Lipinski definition) is 5. The molecule has 2 unspecified atom stereocenters. The first-order valence-corrected chi connectivity index (χ1v) is 14.0. The molecule has 0 N–H and O–H groups in total. The minimum absolute atomic E-state index is 0.0275. The molecule has 0 bridgehead atoms. The van der Waals surface area contributed by atoms with E-state index in [-0.39, 0.29) is 30.7 Å². The standard InChI is InChI=1S/C33H38F3NO5/c1-4-41-32(39)16-13-24-11-14-28(30(21-24)42-33(36)29(35)17-18-34)26-9-5-8-25(19-26)22-37(2)31(38)15-12-23-7-6-10-27(20-23)40-3/h5-11,14,19-21,29,33H,4,12-13,15-18,22H2,1-3H3. The lowest BCUT2D eigenvalue weighted by atomic mass is 9.99. The van der Waals surface area contributed by atoms with Gasteiger partial charge in [-0.25, -0.2) is 4.39 Å². The number of rotatable bonds is 16. The van der Waals surface area contributed by atoms with Gasteiger partial charge in [0.2, 0.25) is 5.91 Å². The number of carbonyl (C=O) groups excluding carboxylic acids is 2. The number of alkyl halides is 3. The highest BCUT2D eigenvalue weighted by atomic mass is 19.2. The Labute approximate surface area is 245 Å². The Morgan fingerprint density at radius 2 is 1.62 bits per heavy atom. The van der Waals surface area contributed by atoms with Crippen molar-refractivity contribution in [1.82, 2.24) is 4.90 Å². The predicted octanol–water partition coefficient (Wildman–Crippen LogP) is 6.82. The molecule has 0 aliphatic rings. The zero-order valence-corrected chi connectivity index (χ0v) is 24.3. The van der Waals surface area contributed by atoms with Gasteiger partial charge in [0.15, 0.2) is 6.17 Å². The first kappa shape index (κ1) is 32.5. The third-order valence-electron chi connectivity index (χ3n) is 6.72. The molecule has 0 saturated heterocycles. The molecule has 0 aromatic heterocycles. The van der Waals surface area contributed by atoms with E-state index in [1.807, 2.05) is 42.5 Å². The van der Waals surface area contributed by atoms with Gasteiger partial charge in [-0.2, -0.15) is 4.39 Å². The van der Waals surface area contributed by atoms with E-state index in [1.165, 1.54) is 0 Å². The van der Waals surface area contributed by atoms with Crippen molar-refractivity contribution in [2.75, 3.05) is 27.4 Å². The second kappa shape index (κ2) is 16.4. The molecular weight excluding hydrogens is 547 g/mol. The number of methoxy groups -OCH3 is 1. The summed E-state index contributed by atoms with van der Waals surface area (Å²) in [7, 11) is 3.33. The van der Waals surface area contributed by atoms with Crippen LogP contribution in [-0.4, -0.2) is 56.7 Å². The summed E-state index contributed by atoms with van der Waals surface area (Å²) in [5, 5.41) is 0. The summed E-state index contributed by atoms with van der Waals surface area (Å²) in [6.07, 6.45) is -3.77. The average molecular weight is 586 g/mol. The lowest BCUT2D eigenvalue weighted by Crippen LogP contribution is -2.26. The number of esters is 1. The van der Waals surface area contributed by atoms with E-state index < -0.39 is 25.6 Å². The van der Waals surface area contributed by atoms with Crippen molar-refractivity contribution < 1.29 is 37.0 Å². The van der Waals surface area contributed by atoms with Crippen molar-refractivity contribution in [2.24, 2.45) is 0 Å². The predicted molar refractivity (Wildman–Crippen MR) is 156 cm³/mol. The van der Waals surface area contributed by atoms with Crippen LogP contribution in [0.4, 0.5) is 13.2 Å². The highest BCUT2D eigenvalue weighted by Gasteiger charge is 2.24. The number of halogens is 3. The summed E-state index contributed by atoms with van der Waals surface area (Å²) < 4.78 is 56.9. The minimum Gasteiger partial charge on any atom is -0.497 e. The second-order valence-electron chi connectivity index (χ2n) is 9.90. The third kappa shape index (κ3) is 9.82. The van der Waals surface area contributed by atoms with Gasteiger partial charge in [0.05, 0.1) is 20.4 Å². The Morgan fingerprint density at radius 3 is 2.36 bits per heavy atom. The minimum atomic E-state index is -2.36. The van der Waals surface area contributed by atoms with Crippen LogP contribution in [0.3, 0.4) is 0 Å². The number of nitrogens with zero attached hydrogens (tertiary/aromatic N) is 1. The van der Waals surface area contributed by atoms with Gasteiger partial charge < -0.3 is 19.1 Å². The molecule has 0 spiro atoms. The summed E-state index contributed by atoms with van der Waals surface area (Å²) >= 11 is 0. The second-order valence-corrected chi connectivity index (χ2v) is 9.90. The first-order valence-electron chi connectivity index (χ1n) is 14.0. The van der Waals surface area contributed by atoms with E-state index >= 15 is 0 Å². The Morgan fingerprint density at radius 1 is 0.905 bits per heavy atom. The van der Waals surface area contributed by atoms with E-state index in [0.717, 1.165) is 16.9 Å². The molecule has 226 valence electrons. The summed E-state index contributed by atoms with van der Waals surface area (Å²) in [6, 6.07) is 20.0. The van der Waals surface area contributed by atoms with Crippen molar-refractivity contribution in [3.63, 3.8) is 0 Å². The van der Waals surface area contributed by atoms with Gasteiger partial charge in [0.25, 0.3) is 6.36 Å². The smallest absolute Gasteiger partial charge is 0.306 e. The molecule has 0 saturated carbocycles. The lowest BCUT2D eigenvalue weighted by molar-refractivity contribution is -0.143. The number of hydrogen-bond donors (Lipinski definition) is 0. The van der Waals surface area contributed by atoms with Gasteiger partial charge >= 0.3 is 5.97 Å². The van der Waals surface area contributed by atoms with E-state index in [0.29, 0.717) is 42.5 Å². The summed E-state index contributed by atoms with van der Waals surface area (Å²) in [4.78, 5) is 26.3. The van der Waals surface area contributed by atoms with Crippen molar-refractivity contribution in [1.29, 1.82) is 0 Å². The Bertz CT molecular complexity index is 1320. The summed E-state index contributed by atoms with van der Waals surface area (Å²) in [6.45, 7) is 1.31. The van der Waals surface area contributed by atoms with Crippen LogP contribution < -0.4 is 9.47 Å². The number of aryl methyl sites for hydroxylation is 2. The zero-order valence-electron chi connectivity index (χ0n) is 24.3. The molecule has 42 heavy (non-hydrogen) atoms. The van der Waals surface area contributed by atoms with Crippen LogP contribution in [0.15, 0.2) is 66.7 Å². The highest BCUT2D eigenvalue weighted by Crippen LogP contribution is 2.34. The van der Waals surface area contributed by atoms with E-state index in [4.69, 9.17) is 14.2 Å². The molecule has 0 fully saturated rings. The van der Waals surface area contributed by atoms with Crippen molar-refractivity contribution >= 4 is 11.9 Å². The SMILES string of the molecule is CCOC(=O)CCc1ccc(-c2cccc(CN(C)C(=O)CCc3cccc(OC)c3)c2)c(OC(F)C(F)CCF)c1. The van der Waals surface area contributed by atoms with Crippen LogP contribution in [0.2, 0.25) is 0 Å². The average Bonchev–Trinajstić information content (AvgIpc) is 2.99. The molecule has 6 nitrogen and oxygen atoms in total.